The van der Waals surface area contributed by atoms with Crippen LogP contribution in [0, 0.1) is 0 Å². The van der Waals surface area contributed by atoms with E-state index in [1.807, 2.05) is 30.3 Å². The molecule has 0 unspecified atom stereocenters. The number of aliphatic hydroxyl groups excluding tert-OH is 1. The molecule has 0 aliphatic heterocycles. The van der Waals surface area contributed by atoms with Gasteiger partial charge < -0.3 is 10.4 Å². The summed E-state index contributed by atoms with van der Waals surface area (Å²) in [6.45, 7) is 0.695. The predicted molar refractivity (Wildman–Crippen MR) is 78.8 cm³/mol. The summed E-state index contributed by atoms with van der Waals surface area (Å²) in [7, 11) is 0. The second-order valence-corrected chi connectivity index (χ2v) is 5.57. The zero-order valence-corrected chi connectivity index (χ0v) is 11.7. The van der Waals surface area contributed by atoms with E-state index in [4.69, 9.17) is 11.6 Å². The maximum Gasteiger partial charge on any atom is 0.129 e. The average molecular weight is 290 g/mol. The number of anilines is 1. The Hall–Kier alpha value is -1.65. The normalized spacial score (nSPS) is 21.3. The largest absolute Gasteiger partial charge is 0.393 e. The Kier molecular flexibility index (Phi) is 3.85. The average Bonchev–Trinajstić information content (AvgIpc) is 2.44. The van der Waals surface area contributed by atoms with Gasteiger partial charge in [-0.05, 0) is 30.5 Å². The second kappa shape index (κ2) is 5.77. The Morgan fingerprint density at radius 1 is 1.20 bits per heavy atom. The molecule has 1 aromatic carbocycles. The van der Waals surface area contributed by atoms with Gasteiger partial charge in [0.25, 0.3) is 0 Å². The maximum atomic E-state index is 9.35. The van der Waals surface area contributed by atoms with E-state index in [0.29, 0.717) is 12.5 Å². The van der Waals surface area contributed by atoms with Crippen LogP contribution in [0.15, 0.2) is 36.7 Å². The molecule has 3 rings (SSSR count). The first-order chi connectivity index (χ1) is 9.70. The van der Waals surface area contributed by atoms with E-state index >= 15 is 0 Å². The summed E-state index contributed by atoms with van der Waals surface area (Å²) in [5, 5.41) is 13.4. The molecule has 1 aromatic heterocycles. The fraction of sp³-hybridized carbons (Fsp3) is 0.333. The molecule has 104 valence electrons. The third-order valence-electron chi connectivity index (χ3n) is 3.61. The van der Waals surface area contributed by atoms with Gasteiger partial charge in [-0.15, -0.1) is 0 Å². The van der Waals surface area contributed by atoms with Crippen molar-refractivity contribution in [1.29, 1.82) is 0 Å². The van der Waals surface area contributed by atoms with Crippen LogP contribution in [0.4, 0.5) is 5.82 Å². The van der Waals surface area contributed by atoms with Crippen molar-refractivity contribution in [2.24, 2.45) is 0 Å². The van der Waals surface area contributed by atoms with Crippen LogP contribution in [-0.4, -0.2) is 21.2 Å². The molecule has 1 heterocycles. The number of nitrogens with one attached hydrogen (secondary N) is 1. The van der Waals surface area contributed by atoms with Crippen LogP contribution in [0.1, 0.15) is 30.0 Å². The first-order valence-corrected chi connectivity index (χ1v) is 7.07. The van der Waals surface area contributed by atoms with Crippen LogP contribution in [0.3, 0.4) is 0 Å². The van der Waals surface area contributed by atoms with Crippen molar-refractivity contribution in [3.8, 4) is 0 Å². The van der Waals surface area contributed by atoms with Gasteiger partial charge in [0.2, 0.25) is 0 Å². The van der Waals surface area contributed by atoms with Gasteiger partial charge >= 0.3 is 0 Å². The molecule has 20 heavy (non-hydrogen) atoms. The van der Waals surface area contributed by atoms with Crippen LogP contribution < -0.4 is 5.32 Å². The monoisotopic (exact) mass is 289 g/mol. The van der Waals surface area contributed by atoms with Crippen molar-refractivity contribution in [2.75, 3.05) is 5.32 Å². The number of hydrogen-bond acceptors (Lipinski definition) is 4. The molecule has 1 aliphatic carbocycles. The van der Waals surface area contributed by atoms with E-state index in [2.05, 4.69) is 15.3 Å². The molecule has 1 aliphatic rings. The highest BCUT2D eigenvalue weighted by atomic mass is 35.5. The Morgan fingerprint density at radius 3 is 2.65 bits per heavy atom. The predicted octanol–water partition coefficient (Wildman–Crippen LogP) is 2.98. The molecular weight excluding hydrogens is 274 g/mol. The number of nitrogens with zero attached hydrogens (tertiary/aromatic N) is 2. The van der Waals surface area contributed by atoms with Crippen LogP contribution >= 0.6 is 11.6 Å². The molecular formula is C15H16ClN3O. The van der Waals surface area contributed by atoms with E-state index < -0.39 is 0 Å². The minimum atomic E-state index is -0.166. The van der Waals surface area contributed by atoms with Crippen LogP contribution in [0.25, 0.3) is 0 Å². The number of aliphatic hydroxyl groups is 1. The molecule has 4 nitrogen and oxygen atoms in total. The number of benzene rings is 1. The maximum absolute atomic E-state index is 9.35. The van der Waals surface area contributed by atoms with Gasteiger partial charge in [-0.3, -0.25) is 0 Å². The van der Waals surface area contributed by atoms with Gasteiger partial charge in [0.15, 0.2) is 0 Å². The van der Waals surface area contributed by atoms with Crippen molar-refractivity contribution in [1.82, 2.24) is 9.97 Å². The van der Waals surface area contributed by atoms with Crippen molar-refractivity contribution in [3.05, 3.63) is 52.9 Å². The highest BCUT2D eigenvalue weighted by molar-refractivity contribution is 6.30. The second-order valence-electron chi connectivity index (χ2n) is 5.13. The standard InChI is InChI=1S/C15H16ClN3O/c16-12-3-1-10(2-4-12)8-17-15-7-14(18-9-19-15)11-5-13(20)6-11/h1-4,7,9,11,13,20H,5-6,8H2,(H,17,18,19). The van der Waals surface area contributed by atoms with Crippen molar-refractivity contribution in [3.63, 3.8) is 0 Å². The lowest BCUT2D eigenvalue weighted by atomic mass is 9.80. The first kappa shape index (κ1) is 13.3. The lowest BCUT2D eigenvalue weighted by molar-refractivity contribution is 0.0732. The van der Waals surface area contributed by atoms with E-state index in [1.165, 1.54) is 0 Å². The van der Waals surface area contributed by atoms with Crippen LogP contribution in [0.5, 0.6) is 0 Å². The SMILES string of the molecule is OC1CC(c2cc(NCc3ccc(Cl)cc3)ncn2)C1. The molecule has 0 spiro atoms. The molecule has 2 N–H and O–H groups in total. The molecule has 0 bridgehead atoms. The zero-order chi connectivity index (χ0) is 13.9. The fourth-order valence-corrected chi connectivity index (χ4v) is 2.44. The van der Waals surface area contributed by atoms with Gasteiger partial charge in [-0.2, -0.15) is 0 Å². The Bertz CT molecular complexity index is 582. The molecule has 0 radical (unpaired) electrons. The molecule has 0 amide bonds. The number of rotatable bonds is 4. The van der Waals surface area contributed by atoms with Crippen molar-refractivity contribution < 1.29 is 5.11 Å². The number of halogens is 1. The first-order valence-electron chi connectivity index (χ1n) is 6.69. The smallest absolute Gasteiger partial charge is 0.129 e. The van der Waals surface area contributed by atoms with Crippen LogP contribution in [-0.2, 0) is 6.54 Å². The molecule has 0 atom stereocenters. The third-order valence-corrected chi connectivity index (χ3v) is 3.86. The van der Waals surface area contributed by atoms with Crippen LogP contribution in [0.2, 0.25) is 5.02 Å². The van der Waals surface area contributed by atoms with E-state index in [9.17, 15) is 5.11 Å². The summed E-state index contributed by atoms with van der Waals surface area (Å²) in [6, 6.07) is 9.69. The Morgan fingerprint density at radius 2 is 1.95 bits per heavy atom. The van der Waals surface area contributed by atoms with E-state index in [1.54, 1.807) is 6.33 Å². The van der Waals surface area contributed by atoms with Gasteiger partial charge in [0.1, 0.15) is 12.1 Å². The highest BCUT2D eigenvalue weighted by Crippen LogP contribution is 2.35. The molecule has 2 aromatic rings. The van der Waals surface area contributed by atoms with Gasteiger partial charge in [-0.1, -0.05) is 23.7 Å². The van der Waals surface area contributed by atoms with Gasteiger partial charge in [-0.25, -0.2) is 9.97 Å². The zero-order valence-electron chi connectivity index (χ0n) is 11.0. The Balaban J connectivity index is 1.62. The topological polar surface area (TPSA) is 58.0 Å². The van der Waals surface area contributed by atoms with E-state index in [-0.39, 0.29) is 6.10 Å². The molecule has 5 heteroatoms. The van der Waals surface area contributed by atoms with Gasteiger partial charge in [0.05, 0.1) is 6.10 Å². The molecule has 0 saturated heterocycles. The van der Waals surface area contributed by atoms with Gasteiger partial charge in [0, 0.05) is 29.2 Å². The number of hydrogen-bond donors (Lipinski definition) is 2. The summed E-state index contributed by atoms with van der Waals surface area (Å²) >= 11 is 5.86. The van der Waals surface area contributed by atoms with Crippen molar-refractivity contribution in [2.45, 2.75) is 31.4 Å². The minimum absolute atomic E-state index is 0.166. The Labute approximate surface area is 122 Å². The minimum Gasteiger partial charge on any atom is -0.393 e. The quantitative estimate of drug-likeness (QED) is 0.908. The summed E-state index contributed by atoms with van der Waals surface area (Å²) in [5.41, 5.74) is 2.15. The third kappa shape index (κ3) is 3.08. The lowest BCUT2D eigenvalue weighted by Crippen LogP contribution is -2.27. The highest BCUT2D eigenvalue weighted by Gasteiger charge is 2.29. The lowest BCUT2D eigenvalue weighted by Gasteiger charge is -2.30. The fourth-order valence-electron chi connectivity index (χ4n) is 2.32. The summed E-state index contributed by atoms with van der Waals surface area (Å²) < 4.78 is 0. The summed E-state index contributed by atoms with van der Waals surface area (Å²) in [4.78, 5) is 8.50. The molecule has 1 saturated carbocycles. The summed E-state index contributed by atoms with van der Waals surface area (Å²) in [5.74, 6) is 1.18. The van der Waals surface area contributed by atoms with Crippen molar-refractivity contribution >= 4 is 17.4 Å². The van der Waals surface area contributed by atoms with E-state index in [0.717, 1.165) is 34.9 Å². The molecule has 1 fully saturated rings. The number of aromatic nitrogens is 2. The summed E-state index contributed by atoms with van der Waals surface area (Å²) in [6.07, 6.45) is 3.01.